The number of rotatable bonds is 2. The summed E-state index contributed by atoms with van der Waals surface area (Å²) in [6.45, 7) is 0.973. The van der Waals surface area contributed by atoms with E-state index in [1.165, 1.54) is 5.39 Å². The summed E-state index contributed by atoms with van der Waals surface area (Å²) in [5, 5.41) is 2.17. The monoisotopic (exact) mass is 224 g/mol. The summed E-state index contributed by atoms with van der Waals surface area (Å²) in [4.78, 5) is 4.30. The lowest BCUT2D eigenvalue weighted by Crippen LogP contribution is -1.97. The first-order chi connectivity index (χ1) is 5.92. The van der Waals surface area contributed by atoms with Crippen LogP contribution in [0.15, 0.2) is 30.6 Å². The Morgan fingerprint density at radius 3 is 3.17 bits per heavy atom. The molecule has 0 saturated carbocycles. The molecule has 12 heavy (non-hydrogen) atoms. The zero-order valence-electron chi connectivity index (χ0n) is 6.57. The maximum Gasteiger partial charge on any atom is 0.139 e. The Balaban J connectivity index is 2.55. The van der Waals surface area contributed by atoms with Gasteiger partial charge in [0.1, 0.15) is 5.65 Å². The molecular formula is C9H9BrN2. The lowest BCUT2D eigenvalue weighted by atomic mass is 10.3. The number of hydrogen-bond acceptors (Lipinski definition) is 1. The van der Waals surface area contributed by atoms with Crippen molar-refractivity contribution in [2.45, 2.75) is 6.54 Å². The van der Waals surface area contributed by atoms with Crippen molar-refractivity contribution in [3.05, 3.63) is 30.6 Å². The normalized spacial score (nSPS) is 10.8. The summed E-state index contributed by atoms with van der Waals surface area (Å²) in [6.07, 6.45) is 3.89. The fourth-order valence-electron chi connectivity index (χ4n) is 1.29. The summed E-state index contributed by atoms with van der Waals surface area (Å²) in [7, 11) is 0. The number of nitrogens with zero attached hydrogens (tertiary/aromatic N) is 2. The highest BCUT2D eigenvalue weighted by Crippen LogP contribution is 2.11. The summed E-state index contributed by atoms with van der Waals surface area (Å²) < 4.78 is 2.14. The molecular weight excluding hydrogens is 216 g/mol. The molecule has 0 aliphatic rings. The molecule has 0 amide bonds. The van der Waals surface area contributed by atoms with E-state index in [2.05, 4.69) is 43.8 Å². The standard InChI is InChI=1S/C9H9BrN2/c10-4-7-12-6-3-8-2-1-5-11-9(8)12/h1-3,5-6H,4,7H2. The predicted molar refractivity (Wildman–Crippen MR) is 53.5 cm³/mol. The van der Waals surface area contributed by atoms with E-state index in [1.807, 2.05) is 12.3 Å². The van der Waals surface area contributed by atoms with Gasteiger partial charge in [0.25, 0.3) is 0 Å². The van der Waals surface area contributed by atoms with Crippen LogP contribution in [0.4, 0.5) is 0 Å². The van der Waals surface area contributed by atoms with Crippen LogP contribution in [0.5, 0.6) is 0 Å². The average molecular weight is 225 g/mol. The first-order valence-electron chi connectivity index (χ1n) is 3.87. The zero-order chi connectivity index (χ0) is 8.39. The van der Waals surface area contributed by atoms with Gasteiger partial charge in [-0.1, -0.05) is 15.9 Å². The van der Waals surface area contributed by atoms with E-state index >= 15 is 0 Å². The van der Waals surface area contributed by atoms with Crippen molar-refractivity contribution in [3.63, 3.8) is 0 Å². The molecule has 2 aromatic rings. The van der Waals surface area contributed by atoms with Crippen molar-refractivity contribution < 1.29 is 0 Å². The van der Waals surface area contributed by atoms with Gasteiger partial charge in [-0.3, -0.25) is 0 Å². The molecule has 0 radical (unpaired) electrons. The largest absolute Gasteiger partial charge is 0.332 e. The van der Waals surface area contributed by atoms with Gasteiger partial charge in [-0.25, -0.2) is 4.98 Å². The summed E-state index contributed by atoms with van der Waals surface area (Å²) >= 11 is 3.41. The SMILES string of the molecule is BrCCn1ccc2cccnc21. The number of halogens is 1. The second-order valence-corrected chi connectivity index (χ2v) is 3.41. The number of fused-ring (bicyclic) bond motifs is 1. The zero-order valence-corrected chi connectivity index (χ0v) is 8.16. The van der Waals surface area contributed by atoms with Crippen LogP contribution in [0.3, 0.4) is 0 Å². The van der Waals surface area contributed by atoms with E-state index in [0.717, 1.165) is 17.5 Å². The highest BCUT2D eigenvalue weighted by Gasteiger charge is 1.98. The Morgan fingerprint density at radius 1 is 1.42 bits per heavy atom. The molecule has 0 aromatic carbocycles. The minimum absolute atomic E-state index is 0.966. The molecule has 2 aromatic heterocycles. The number of alkyl halides is 1. The molecule has 0 unspecified atom stereocenters. The summed E-state index contributed by atoms with van der Waals surface area (Å²) in [5.41, 5.74) is 1.07. The smallest absolute Gasteiger partial charge is 0.139 e. The topological polar surface area (TPSA) is 17.8 Å². The van der Waals surface area contributed by atoms with Gasteiger partial charge in [-0.05, 0) is 18.2 Å². The van der Waals surface area contributed by atoms with Gasteiger partial charge in [-0.2, -0.15) is 0 Å². The van der Waals surface area contributed by atoms with Crippen molar-refractivity contribution in [1.82, 2.24) is 9.55 Å². The first kappa shape index (κ1) is 7.80. The van der Waals surface area contributed by atoms with Crippen LogP contribution >= 0.6 is 15.9 Å². The summed E-state index contributed by atoms with van der Waals surface area (Å²) in [6, 6.07) is 6.12. The molecule has 62 valence electrons. The van der Waals surface area contributed by atoms with Crippen LogP contribution in [0.2, 0.25) is 0 Å². The van der Waals surface area contributed by atoms with Crippen LogP contribution in [0, 0.1) is 0 Å². The van der Waals surface area contributed by atoms with Crippen molar-refractivity contribution in [2.24, 2.45) is 0 Å². The second-order valence-electron chi connectivity index (χ2n) is 2.61. The molecule has 0 atom stereocenters. The van der Waals surface area contributed by atoms with E-state index in [4.69, 9.17) is 0 Å². The van der Waals surface area contributed by atoms with Gasteiger partial charge in [0.2, 0.25) is 0 Å². The van der Waals surface area contributed by atoms with Crippen molar-refractivity contribution >= 4 is 27.0 Å². The Kier molecular flexibility index (Phi) is 2.13. The van der Waals surface area contributed by atoms with Crippen molar-refractivity contribution in [2.75, 3.05) is 5.33 Å². The maximum atomic E-state index is 4.30. The quantitative estimate of drug-likeness (QED) is 0.717. The molecule has 3 heteroatoms. The lowest BCUT2D eigenvalue weighted by Gasteiger charge is -1.99. The van der Waals surface area contributed by atoms with Gasteiger partial charge in [0, 0.05) is 29.7 Å². The molecule has 0 N–H and O–H groups in total. The number of hydrogen-bond donors (Lipinski definition) is 0. The average Bonchev–Trinajstić information content (AvgIpc) is 2.50. The molecule has 2 rings (SSSR count). The van der Waals surface area contributed by atoms with Crippen LogP contribution in [0.25, 0.3) is 11.0 Å². The van der Waals surface area contributed by atoms with Crippen LogP contribution in [0.1, 0.15) is 0 Å². The molecule has 0 saturated heterocycles. The Labute approximate surface area is 79.3 Å². The fourth-order valence-corrected chi connectivity index (χ4v) is 1.67. The Bertz CT molecular complexity index is 381. The van der Waals surface area contributed by atoms with E-state index < -0.39 is 0 Å². The molecule has 0 aliphatic carbocycles. The fraction of sp³-hybridized carbons (Fsp3) is 0.222. The van der Waals surface area contributed by atoms with Crippen molar-refractivity contribution in [1.29, 1.82) is 0 Å². The molecule has 0 bridgehead atoms. The van der Waals surface area contributed by atoms with Crippen molar-refractivity contribution in [3.8, 4) is 0 Å². The number of aromatic nitrogens is 2. The Hall–Kier alpha value is -0.830. The van der Waals surface area contributed by atoms with Crippen LogP contribution in [-0.4, -0.2) is 14.9 Å². The van der Waals surface area contributed by atoms with Gasteiger partial charge in [0.05, 0.1) is 0 Å². The number of aryl methyl sites for hydroxylation is 1. The molecule has 0 fully saturated rings. The van der Waals surface area contributed by atoms with Crippen LogP contribution < -0.4 is 0 Å². The number of pyridine rings is 1. The van der Waals surface area contributed by atoms with Gasteiger partial charge in [0.15, 0.2) is 0 Å². The predicted octanol–water partition coefficient (Wildman–Crippen LogP) is 2.43. The minimum atomic E-state index is 0.966. The van der Waals surface area contributed by atoms with E-state index in [0.29, 0.717) is 0 Å². The lowest BCUT2D eigenvalue weighted by molar-refractivity contribution is 0.801. The van der Waals surface area contributed by atoms with Gasteiger partial charge in [-0.15, -0.1) is 0 Å². The van der Waals surface area contributed by atoms with Gasteiger partial charge < -0.3 is 4.57 Å². The third-order valence-corrected chi connectivity index (χ3v) is 2.20. The minimum Gasteiger partial charge on any atom is -0.332 e. The Morgan fingerprint density at radius 2 is 2.33 bits per heavy atom. The first-order valence-corrected chi connectivity index (χ1v) is 5.00. The second kappa shape index (κ2) is 3.27. The maximum absolute atomic E-state index is 4.30. The highest BCUT2D eigenvalue weighted by molar-refractivity contribution is 9.09. The molecule has 0 spiro atoms. The third-order valence-electron chi connectivity index (χ3n) is 1.85. The highest BCUT2D eigenvalue weighted by atomic mass is 79.9. The van der Waals surface area contributed by atoms with Crippen LogP contribution in [-0.2, 0) is 6.54 Å². The molecule has 2 nitrogen and oxygen atoms in total. The van der Waals surface area contributed by atoms with Gasteiger partial charge >= 0.3 is 0 Å². The molecule has 2 heterocycles. The third kappa shape index (κ3) is 1.25. The van der Waals surface area contributed by atoms with E-state index in [9.17, 15) is 0 Å². The molecule has 0 aliphatic heterocycles. The van der Waals surface area contributed by atoms with E-state index in [-0.39, 0.29) is 0 Å². The van der Waals surface area contributed by atoms with E-state index in [1.54, 1.807) is 0 Å². The summed E-state index contributed by atoms with van der Waals surface area (Å²) in [5.74, 6) is 0.